The lowest BCUT2D eigenvalue weighted by Crippen LogP contribution is -2.38. The molecule has 6 heteroatoms. The lowest BCUT2D eigenvalue weighted by atomic mass is 10.2. The Morgan fingerprint density at radius 3 is 2.81 bits per heavy atom. The standard InChI is InChI=1S/C15H20N4O2/c1-11(14(20)16-8-9-18(2)3)19-10-17-13-7-5-4-6-12(13)15(19)21/h4-7,10-11H,8-9H2,1-3H3,(H,16,20)/t11-/m0/s1. The number of amides is 1. The lowest BCUT2D eigenvalue weighted by molar-refractivity contribution is -0.123. The van der Waals surface area contributed by atoms with Gasteiger partial charge < -0.3 is 10.2 Å². The number of hydrogen-bond acceptors (Lipinski definition) is 4. The number of carbonyl (C=O) groups excluding carboxylic acids is 1. The Bertz CT molecular complexity index is 693. The fourth-order valence-corrected chi connectivity index (χ4v) is 2.04. The molecule has 6 nitrogen and oxygen atoms in total. The smallest absolute Gasteiger partial charge is 0.261 e. The molecule has 0 saturated heterocycles. The van der Waals surface area contributed by atoms with Gasteiger partial charge in [0, 0.05) is 13.1 Å². The summed E-state index contributed by atoms with van der Waals surface area (Å²) in [6.45, 7) is 3.00. The molecule has 1 atom stereocenters. The molecule has 0 aliphatic rings. The highest BCUT2D eigenvalue weighted by Crippen LogP contribution is 2.08. The summed E-state index contributed by atoms with van der Waals surface area (Å²) in [5.74, 6) is -0.184. The molecule has 1 N–H and O–H groups in total. The summed E-state index contributed by atoms with van der Waals surface area (Å²) in [5, 5.41) is 3.34. The number of fused-ring (bicyclic) bond motifs is 1. The van der Waals surface area contributed by atoms with E-state index in [9.17, 15) is 9.59 Å². The van der Waals surface area contributed by atoms with Gasteiger partial charge in [-0.15, -0.1) is 0 Å². The van der Waals surface area contributed by atoms with Crippen molar-refractivity contribution in [2.45, 2.75) is 13.0 Å². The van der Waals surface area contributed by atoms with Gasteiger partial charge >= 0.3 is 0 Å². The summed E-state index contributed by atoms with van der Waals surface area (Å²) in [6, 6.07) is 6.53. The van der Waals surface area contributed by atoms with E-state index >= 15 is 0 Å². The number of aromatic nitrogens is 2. The van der Waals surface area contributed by atoms with Crippen LogP contribution in [0.1, 0.15) is 13.0 Å². The van der Waals surface area contributed by atoms with E-state index in [0.717, 1.165) is 6.54 Å². The predicted molar refractivity (Wildman–Crippen MR) is 82.3 cm³/mol. The number of para-hydroxylation sites is 1. The van der Waals surface area contributed by atoms with E-state index in [4.69, 9.17) is 0 Å². The van der Waals surface area contributed by atoms with E-state index in [2.05, 4.69) is 10.3 Å². The van der Waals surface area contributed by atoms with Crippen LogP contribution < -0.4 is 10.9 Å². The Balaban J connectivity index is 2.19. The fourth-order valence-electron chi connectivity index (χ4n) is 2.04. The van der Waals surface area contributed by atoms with E-state index in [1.165, 1.54) is 10.9 Å². The number of benzene rings is 1. The molecule has 1 amide bonds. The second-order valence-electron chi connectivity index (χ2n) is 5.24. The van der Waals surface area contributed by atoms with Gasteiger partial charge in [0.1, 0.15) is 6.04 Å². The second-order valence-corrected chi connectivity index (χ2v) is 5.24. The molecule has 112 valence electrons. The van der Waals surface area contributed by atoms with Crippen LogP contribution in [0.3, 0.4) is 0 Å². The number of carbonyl (C=O) groups is 1. The van der Waals surface area contributed by atoms with Gasteiger partial charge in [0.15, 0.2) is 0 Å². The average Bonchev–Trinajstić information content (AvgIpc) is 2.47. The van der Waals surface area contributed by atoms with Gasteiger partial charge in [0.2, 0.25) is 5.91 Å². The maximum Gasteiger partial charge on any atom is 0.261 e. The summed E-state index contributed by atoms with van der Waals surface area (Å²) in [4.78, 5) is 30.7. The number of nitrogens with one attached hydrogen (secondary N) is 1. The first-order valence-corrected chi connectivity index (χ1v) is 6.89. The van der Waals surface area contributed by atoms with Crippen molar-refractivity contribution in [2.75, 3.05) is 27.2 Å². The zero-order valence-corrected chi connectivity index (χ0v) is 12.5. The summed E-state index contributed by atoms with van der Waals surface area (Å²) in [7, 11) is 3.88. The van der Waals surface area contributed by atoms with E-state index in [0.29, 0.717) is 17.4 Å². The zero-order chi connectivity index (χ0) is 15.4. The van der Waals surface area contributed by atoms with Crippen LogP contribution in [0.5, 0.6) is 0 Å². The van der Waals surface area contributed by atoms with Crippen LogP contribution in [0.25, 0.3) is 10.9 Å². The Morgan fingerprint density at radius 1 is 1.38 bits per heavy atom. The highest BCUT2D eigenvalue weighted by Gasteiger charge is 2.17. The molecule has 0 unspecified atom stereocenters. The minimum Gasteiger partial charge on any atom is -0.353 e. The van der Waals surface area contributed by atoms with Crippen molar-refractivity contribution >= 4 is 16.8 Å². The third kappa shape index (κ3) is 3.46. The van der Waals surface area contributed by atoms with E-state index < -0.39 is 6.04 Å². The van der Waals surface area contributed by atoms with Crippen LogP contribution in [0.15, 0.2) is 35.4 Å². The summed E-state index contributed by atoms with van der Waals surface area (Å²) in [5.41, 5.74) is 0.440. The maximum absolute atomic E-state index is 12.4. The average molecular weight is 288 g/mol. The Labute approximate surface area is 123 Å². The third-order valence-electron chi connectivity index (χ3n) is 3.35. The Hall–Kier alpha value is -2.21. The number of rotatable bonds is 5. The molecule has 0 aliphatic heterocycles. The summed E-state index contributed by atoms with van der Waals surface area (Å²) >= 11 is 0. The highest BCUT2D eigenvalue weighted by atomic mass is 16.2. The molecule has 21 heavy (non-hydrogen) atoms. The molecule has 0 fully saturated rings. The molecule has 2 aromatic rings. The van der Waals surface area contributed by atoms with E-state index in [1.807, 2.05) is 25.1 Å². The lowest BCUT2D eigenvalue weighted by Gasteiger charge is -2.16. The quantitative estimate of drug-likeness (QED) is 0.876. The largest absolute Gasteiger partial charge is 0.353 e. The van der Waals surface area contributed by atoms with Crippen LogP contribution in [0, 0.1) is 0 Å². The topological polar surface area (TPSA) is 67.2 Å². The van der Waals surface area contributed by atoms with Gasteiger partial charge in [-0.25, -0.2) is 4.98 Å². The number of hydrogen-bond donors (Lipinski definition) is 1. The monoisotopic (exact) mass is 288 g/mol. The SMILES string of the molecule is C[C@@H](C(=O)NCCN(C)C)n1cnc2ccccc2c1=O. The first-order chi connectivity index (χ1) is 10.0. The van der Waals surface area contributed by atoms with Crippen molar-refractivity contribution in [3.05, 3.63) is 40.9 Å². The van der Waals surface area contributed by atoms with Gasteiger partial charge in [-0.3, -0.25) is 14.2 Å². The van der Waals surface area contributed by atoms with Crippen molar-refractivity contribution < 1.29 is 4.79 Å². The van der Waals surface area contributed by atoms with Gasteiger partial charge in [-0.05, 0) is 33.2 Å². The second kappa shape index (κ2) is 6.49. The molecule has 0 bridgehead atoms. The van der Waals surface area contributed by atoms with Crippen LogP contribution >= 0.6 is 0 Å². The minimum atomic E-state index is -0.586. The van der Waals surface area contributed by atoms with Crippen LogP contribution in [-0.4, -0.2) is 47.5 Å². The number of likely N-dealkylation sites (N-methyl/N-ethyl adjacent to an activating group) is 1. The molecule has 0 saturated carbocycles. The van der Waals surface area contributed by atoms with Crippen LogP contribution in [0.4, 0.5) is 0 Å². The van der Waals surface area contributed by atoms with Crippen molar-refractivity contribution in [1.29, 1.82) is 0 Å². The van der Waals surface area contributed by atoms with Crippen LogP contribution in [-0.2, 0) is 4.79 Å². The highest BCUT2D eigenvalue weighted by molar-refractivity contribution is 5.81. The van der Waals surface area contributed by atoms with E-state index in [-0.39, 0.29) is 11.5 Å². The first kappa shape index (κ1) is 15.2. The van der Waals surface area contributed by atoms with Crippen molar-refractivity contribution in [3.63, 3.8) is 0 Å². The van der Waals surface area contributed by atoms with Crippen molar-refractivity contribution in [3.8, 4) is 0 Å². The molecule has 1 heterocycles. The van der Waals surface area contributed by atoms with Gasteiger partial charge in [-0.2, -0.15) is 0 Å². The molecule has 1 aromatic carbocycles. The molecule has 0 radical (unpaired) electrons. The van der Waals surface area contributed by atoms with Crippen molar-refractivity contribution in [1.82, 2.24) is 19.8 Å². The summed E-state index contributed by atoms with van der Waals surface area (Å²) < 4.78 is 1.37. The molecule has 1 aromatic heterocycles. The van der Waals surface area contributed by atoms with Gasteiger partial charge in [0.25, 0.3) is 5.56 Å². The zero-order valence-electron chi connectivity index (χ0n) is 12.5. The molecular formula is C15H20N4O2. The molecular weight excluding hydrogens is 268 g/mol. The van der Waals surface area contributed by atoms with Gasteiger partial charge in [0.05, 0.1) is 17.2 Å². The molecule has 0 aliphatic carbocycles. The molecule has 0 spiro atoms. The molecule has 2 rings (SSSR count). The third-order valence-corrected chi connectivity index (χ3v) is 3.35. The van der Waals surface area contributed by atoms with E-state index in [1.54, 1.807) is 25.1 Å². The minimum absolute atomic E-state index is 0.184. The Kier molecular flexibility index (Phi) is 4.70. The normalized spacial score (nSPS) is 12.6. The van der Waals surface area contributed by atoms with Crippen molar-refractivity contribution in [2.24, 2.45) is 0 Å². The number of nitrogens with zero attached hydrogens (tertiary/aromatic N) is 3. The maximum atomic E-state index is 12.4. The van der Waals surface area contributed by atoms with Gasteiger partial charge in [-0.1, -0.05) is 12.1 Å². The first-order valence-electron chi connectivity index (χ1n) is 6.89. The Morgan fingerprint density at radius 2 is 2.10 bits per heavy atom. The fraction of sp³-hybridized carbons (Fsp3) is 0.400. The van der Waals surface area contributed by atoms with Crippen LogP contribution in [0.2, 0.25) is 0 Å². The summed E-state index contributed by atoms with van der Waals surface area (Å²) in [6.07, 6.45) is 1.43. The predicted octanol–water partition coefficient (Wildman–Crippen LogP) is 0.635.